The number of alkyl halides is 2. The van der Waals surface area contributed by atoms with Crippen LogP contribution in [0.3, 0.4) is 0 Å². The predicted octanol–water partition coefficient (Wildman–Crippen LogP) is 5.64. The van der Waals surface area contributed by atoms with E-state index in [0.29, 0.717) is 0 Å². The maximum absolute atomic E-state index is 14.9. The van der Waals surface area contributed by atoms with E-state index in [4.69, 9.17) is 16.3 Å². The van der Waals surface area contributed by atoms with Gasteiger partial charge in [0.15, 0.2) is 16.8 Å². The number of benzene rings is 1. The number of rotatable bonds is 7. The second kappa shape index (κ2) is 10.4. The van der Waals surface area contributed by atoms with E-state index in [-0.39, 0.29) is 28.5 Å². The first kappa shape index (κ1) is 25.7. The maximum Gasteiger partial charge on any atom is 0.407 e. The highest BCUT2D eigenvalue weighted by atomic mass is 79.9. The van der Waals surface area contributed by atoms with Gasteiger partial charge in [0.1, 0.15) is 16.9 Å². The zero-order valence-corrected chi connectivity index (χ0v) is 20.2. The van der Waals surface area contributed by atoms with Crippen molar-refractivity contribution in [2.24, 2.45) is 0 Å². The van der Waals surface area contributed by atoms with Crippen molar-refractivity contribution < 1.29 is 27.1 Å². The van der Waals surface area contributed by atoms with E-state index in [2.05, 4.69) is 31.2 Å². The molecule has 1 N–H and O–H groups in total. The van der Waals surface area contributed by atoms with Crippen LogP contribution in [0.1, 0.15) is 20.8 Å². The Labute approximate surface area is 194 Å². The molecule has 0 bridgehead atoms. The third kappa shape index (κ3) is 6.48. The lowest BCUT2D eigenvalue weighted by atomic mass is 10.2. The highest BCUT2D eigenvalue weighted by Crippen LogP contribution is 2.39. The quantitative estimate of drug-likeness (QED) is 0.159. The van der Waals surface area contributed by atoms with E-state index < -0.39 is 52.2 Å². The molecule has 0 radical (unpaired) electrons. The molecule has 2 aromatic rings. The highest BCUT2D eigenvalue weighted by Gasteiger charge is 2.26. The number of alkyl carbamates (subject to hydrolysis) is 1. The zero-order valence-electron chi connectivity index (χ0n) is 17.0. The Morgan fingerprint density at radius 1 is 1.29 bits per heavy atom. The van der Waals surface area contributed by atoms with Gasteiger partial charge in [-0.1, -0.05) is 23.4 Å². The second-order valence-electron chi connectivity index (χ2n) is 7.28. The molecular formula is C18H20BrClF4N4O2S. The predicted molar refractivity (Wildman–Crippen MR) is 116 cm³/mol. The third-order valence-corrected chi connectivity index (χ3v) is 5.64. The summed E-state index contributed by atoms with van der Waals surface area (Å²) in [6, 6.07) is 0. The van der Waals surface area contributed by atoms with E-state index >= 15 is 0 Å². The van der Waals surface area contributed by atoms with Crippen LogP contribution in [0.5, 0.6) is 0 Å². The number of hydrogen-bond acceptors (Lipinski definition) is 6. The highest BCUT2D eigenvalue weighted by molar-refractivity contribution is 9.10. The second-order valence-corrected chi connectivity index (χ2v) is 9.22. The third-order valence-electron chi connectivity index (χ3n) is 3.77. The number of carbonyl (C=O) groups excluding carboxylic acids is 1. The Morgan fingerprint density at radius 2 is 1.94 bits per heavy atom. The molecule has 0 atom stereocenters. The summed E-state index contributed by atoms with van der Waals surface area (Å²) < 4.78 is 61.0. The smallest absolute Gasteiger partial charge is 0.407 e. The topological polar surface area (TPSA) is 67.4 Å². The van der Waals surface area contributed by atoms with Gasteiger partial charge in [-0.2, -0.15) is 0 Å². The van der Waals surface area contributed by atoms with Crippen molar-refractivity contribution in [3.8, 4) is 0 Å². The van der Waals surface area contributed by atoms with Crippen molar-refractivity contribution in [1.29, 1.82) is 0 Å². The fraction of sp³-hybridized carbons (Fsp3) is 0.500. The van der Waals surface area contributed by atoms with Crippen LogP contribution in [0, 0.1) is 11.6 Å². The van der Waals surface area contributed by atoms with Gasteiger partial charge in [0, 0.05) is 13.1 Å². The number of nitrogens with zero attached hydrogens (tertiary/aromatic N) is 3. The monoisotopic (exact) mass is 546 g/mol. The van der Waals surface area contributed by atoms with Crippen LogP contribution in [-0.2, 0) is 4.74 Å². The Morgan fingerprint density at radius 3 is 2.48 bits per heavy atom. The van der Waals surface area contributed by atoms with Gasteiger partial charge in [-0.3, -0.25) is 0 Å². The Balaban J connectivity index is 2.48. The van der Waals surface area contributed by atoms with Crippen molar-refractivity contribution in [3.63, 3.8) is 0 Å². The lowest BCUT2D eigenvalue weighted by molar-refractivity contribution is 0.0529. The summed E-state index contributed by atoms with van der Waals surface area (Å²) in [6.45, 7) is 3.88. The number of thioether (sulfide) groups is 1. The molecular weight excluding hydrogens is 528 g/mol. The Bertz CT molecular complexity index is 978. The number of fused-ring (bicyclic) bond motifs is 1. The van der Waals surface area contributed by atoms with Crippen molar-refractivity contribution >= 4 is 62.1 Å². The van der Waals surface area contributed by atoms with Gasteiger partial charge < -0.3 is 15.0 Å². The number of aromatic nitrogens is 2. The first-order chi connectivity index (χ1) is 14.4. The van der Waals surface area contributed by atoms with Crippen LogP contribution in [0.2, 0.25) is 5.02 Å². The lowest BCUT2D eigenvalue weighted by Gasteiger charge is -2.26. The summed E-state index contributed by atoms with van der Waals surface area (Å²) in [5, 5.41) is 1.50. The summed E-state index contributed by atoms with van der Waals surface area (Å²) in [6.07, 6.45) is -1.96. The molecule has 6 nitrogen and oxygen atoms in total. The molecule has 0 spiro atoms. The molecule has 31 heavy (non-hydrogen) atoms. The number of amides is 1. The van der Waals surface area contributed by atoms with Crippen molar-refractivity contribution in [2.45, 2.75) is 38.0 Å². The molecule has 1 aromatic carbocycles. The molecule has 1 amide bonds. The Hall–Kier alpha value is -1.53. The molecule has 0 unspecified atom stereocenters. The minimum atomic E-state index is -2.82. The Kier molecular flexibility index (Phi) is 8.62. The fourth-order valence-corrected chi connectivity index (χ4v) is 3.47. The number of ether oxygens (including phenoxy) is 1. The van der Waals surface area contributed by atoms with Gasteiger partial charge in [0.25, 0.3) is 6.43 Å². The van der Waals surface area contributed by atoms with Gasteiger partial charge in [0.2, 0.25) is 0 Å². The zero-order chi connectivity index (χ0) is 23.5. The van der Waals surface area contributed by atoms with Gasteiger partial charge >= 0.3 is 6.09 Å². The van der Waals surface area contributed by atoms with Crippen LogP contribution in [0.25, 0.3) is 10.9 Å². The minimum absolute atomic E-state index is 0.0504. The molecule has 13 heteroatoms. The minimum Gasteiger partial charge on any atom is -0.444 e. The van der Waals surface area contributed by atoms with E-state index in [1.165, 1.54) is 0 Å². The van der Waals surface area contributed by atoms with E-state index in [0.717, 1.165) is 16.7 Å². The summed E-state index contributed by atoms with van der Waals surface area (Å²) in [5.41, 5.74) is -1.14. The van der Waals surface area contributed by atoms with E-state index in [1.54, 1.807) is 27.0 Å². The van der Waals surface area contributed by atoms with Crippen LogP contribution in [-0.4, -0.2) is 54.0 Å². The van der Waals surface area contributed by atoms with Gasteiger partial charge in [-0.05, 0) is 43.0 Å². The van der Waals surface area contributed by atoms with Crippen LogP contribution in [0.4, 0.5) is 28.2 Å². The van der Waals surface area contributed by atoms with Crippen LogP contribution in [0.15, 0.2) is 9.63 Å². The summed E-state index contributed by atoms with van der Waals surface area (Å²) in [7, 11) is 0. The average Bonchev–Trinajstić information content (AvgIpc) is 2.67. The molecule has 1 aromatic heterocycles. The molecule has 2 rings (SSSR count). The largest absolute Gasteiger partial charge is 0.444 e. The normalized spacial score (nSPS) is 11.8. The first-order valence-electron chi connectivity index (χ1n) is 8.93. The van der Waals surface area contributed by atoms with Crippen molar-refractivity contribution in [1.82, 2.24) is 15.3 Å². The molecule has 0 aliphatic rings. The van der Waals surface area contributed by atoms with Crippen LogP contribution >= 0.6 is 39.3 Å². The number of anilines is 1. The standard InChI is InChI=1S/C18H20BrClF4N4O2S/c1-18(2,3)30-17(29)25-5-6-28(7-8(21)22)15-9-12(23)11(20)10(19)13(24)14(9)26-16(27-15)31-4/h8H,5-7H2,1-4H3,(H,25,29). The van der Waals surface area contributed by atoms with Crippen LogP contribution < -0.4 is 10.2 Å². The summed E-state index contributed by atoms with van der Waals surface area (Å²) in [4.78, 5) is 21.0. The SMILES string of the molecule is CSc1nc(N(CCNC(=O)OC(C)(C)C)CC(F)F)c2c(F)c(Cl)c(Br)c(F)c2n1. The first-order valence-corrected chi connectivity index (χ1v) is 11.3. The molecule has 0 fully saturated rings. The molecule has 0 aliphatic carbocycles. The van der Waals surface area contributed by atoms with E-state index in [9.17, 15) is 22.4 Å². The number of carbonyl (C=O) groups is 1. The van der Waals surface area contributed by atoms with E-state index in [1.807, 2.05) is 0 Å². The average molecular weight is 548 g/mol. The fourth-order valence-electron chi connectivity index (χ4n) is 2.57. The summed E-state index contributed by atoms with van der Waals surface area (Å²) >= 11 is 9.76. The van der Waals surface area contributed by atoms with Crippen molar-refractivity contribution in [3.05, 3.63) is 21.1 Å². The van der Waals surface area contributed by atoms with Gasteiger partial charge in [0.05, 0.1) is 21.4 Å². The number of hydrogen-bond donors (Lipinski definition) is 1. The molecule has 1 heterocycles. The summed E-state index contributed by atoms with van der Waals surface area (Å²) in [5.74, 6) is -2.25. The molecule has 172 valence electrons. The number of halogens is 6. The number of nitrogens with one attached hydrogen (secondary N) is 1. The van der Waals surface area contributed by atoms with Gasteiger partial charge in [-0.15, -0.1) is 0 Å². The molecule has 0 saturated heterocycles. The molecule has 0 saturated carbocycles. The lowest BCUT2D eigenvalue weighted by Crippen LogP contribution is -2.40. The van der Waals surface area contributed by atoms with Gasteiger partial charge in [-0.25, -0.2) is 32.3 Å². The maximum atomic E-state index is 14.9. The van der Waals surface area contributed by atoms with Crippen molar-refractivity contribution in [2.75, 3.05) is 30.8 Å². The molecule has 0 aliphatic heterocycles.